The number of hydrogen-bond donors (Lipinski definition) is 1. The second-order valence-electron chi connectivity index (χ2n) is 7.87. The number of halogens is 2. The van der Waals surface area contributed by atoms with Crippen molar-refractivity contribution < 1.29 is 13.6 Å². The van der Waals surface area contributed by atoms with Gasteiger partial charge in [0.15, 0.2) is 0 Å². The van der Waals surface area contributed by atoms with Gasteiger partial charge in [0.05, 0.1) is 11.3 Å². The summed E-state index contributed by atoms with van der Waals surface area (Å²) >= 11 is 0. The van der Waals surface area contributed by atoms with Crippen molar-refractivity contribution in [2.75, 3.05) is 18.4 Å². The summed E-state index contributed by atoms with van der Waals surface area (Å²) in [4.78, 5) is 23.9. The Bertz CT molecular complexity index is 1060. The van der Waals surface area contributed by atoms with Gasteiger partial charge in [-0.15, -0.1) is 0 Å². The Hall–Kier alpha value is -3.19. The zero-order valence-electron chi connectivity index (χ0n) is 17.3. The lowest BCUT2D eigenvalue weighted by Gasteiger charge is -2.31. The third kappa shape index (κ3) is 5.30. The minimum absolute atomic E-state index is 0.209. The van der Waals surface area contributed by atoms with E-state index >= 15 is 0 Å². The normalized spacial score (nSPS) is 15.1. The SMILES string of the molecule is Cc1nc(C2CCN(Cc3cccc(F)c3)CC2)ncc1C(=O)Nc1ccc(F)cc1. The van der Waals surface area contributed by atoms with E-state index in [9.17, 15) is 13.6 Å². The lowest BCUT2D eigenvalue weighted by molar-refractivity contribution is 0.102. The molecule has 31 heavy (non-hydrogen) atoms. The fourth-order valence-corrected chi connectivity index (χ4v) is 3.88. The molecule has 0 bridgehead atoms. The van der Waals surface area contributed by atoms with Crippen molar-refractivity contribution in [3.8, 4) is 0 Å². The number of benzene rings is 2. The van der Waals surface area contributed by atoms with Gasteiger partial charge in [-0.2, -0.15) is 0 Å². The van der Waals surface area contributed by atoms with Crippen LogP contribution in [0.25, 0.3) is 0 Å². The number of aryl methyl sites for hydroxylation is 1. The van der Waals surface area contributed by atoms with E-state index in [1.54, 1.807) is 25.3 Å². The van der Waals surface area contributed by atoms with Crippen molar-refractivity contribution in [2.45, 2.75) is 32.2 Å². The summed E-state index contributed by atoms with van der Waals surface area (Å²) in [6.45, 7) is 4.30. The molecule has 3 aromatic rings. The number of aromatic nitrogens is 2. The molecule has 1 saturated heterocycles. The number of nitrogens with zero attached hydrogens (tertiary/aromatic N) is 3. The summed E-state index contributed by atoms with van der Waals surface area (Å²) in [5, 5.41) is 2.74. The molecule has 160 valence electrons. The molecule has 7 heteroatoms. The molecule has 1 aliphatic rings. The van der Waals surface area contributed by atoms with Crippen molar-refractivity contribution in [3.05, 3.63) is 89.0 Å². The molecular weight excluding hydrogens is 398 g/mol. The first-order valence-electron chi connectivity index (χ1n) is 10.3. The molecule has 0 spiro atoms. The maximum atomic E-state index is 13.4. The summed E-state index contributed by atoms with van der Waals surface area (Å²) < 4.78 is 26.4. The molecule has 4 rings (SSSR count). The summed E-state index contributed by atoms with van der Waals surface area (Å²) in [7, 11) is 0. The Labute approximate surface area is 180 Å². The molecule has 0 aliphatic carbocycles. The average Bonchev–Trinajstić information content (AvgIpc) is 2.76. The highest BCUT2D eigenvalue weighted by Crippen LogP contribution is 2.27. The molecule has 1 aliphatic heterocycles. The molecule has 1 amide bonds. The third-order valence-corrected chi connectivity index (χ3v) is 5.59. The predicted molar refractivity (Wildman–Crippen MR) is 115 cm³/mol. The molecule has 0 atom stereocenters. The van der Waals surface area contributed by atoms with Crippen molar-refractivity contribution in [3.63, 3.8) is 0 Å². The van der Waals surface area contributed by atoms with E-state index in [1.165, 1.54) is 30.3 Å². The topological polar surface area (TPSA) is 58.1 Å². The lowest BCUT2D eigenvalue weighted by Crippen LogP contribution is -2.33. The highest BCUT2D eigenvalue weighted by molar-refractivity contribution is 6.04. The molecule has 0 saturated carbocycles. The molecule has 0 unspecified atom stereocenters. The molecule has 5 nitrogen and oxygen atoms in total. The van der Waals surface area contributed by atoms with E-state index in [4.69, 9.17) is 0 Å². The van der Waals surface area contributed by atoms with E-state index in [-0.39, 0.29) is 23.5 Å². The summed E-state index contributed by atoms with van der Waals surface area (Å²) in [5.74, 6) is 0.0992. The highest BCUT2D eigenvalue weighted by Gasteiger charge is 2.24. The number of nitrogens with one attached hydrogen (secondary N) is 1. The van der Waals surface area contributed by atoms with Crippen LogP contribution in [0.5, 0.6) is 0 Å². The Morgan fingerprint density at radius 3 is 2.52 bits per heavy atom. The molecule has 0 radical (unpaired) electrons. The third-order valence-electron chi connectivity index (χ3n) is 5.59. The lowest BCUT2D eigenvalue weighted by atomic mass is 9.95. The zero-order chi connectivity index (χ0) is 21.8. The van der Waals surface area contributed by atoms with E-state index in [2.05, 4.69) is 20.2 Å². The maximum Gasteiger partial charge on any atom is 0.259 e. The van der Waals surface area contributed by atoms with Gasteiger partial charge in [0.2, 0.25) is 0 Å². The molecular formula is C24H24F2N4O. The quantitative estimate of drug-likeness (QED) is 0.648. The van der Waals surface area contributed by atoms with Crippen LogP contribution in [0, 0.1) is 18.6 Å². The number of rotatable bonds is 5. The monoisotopic (exact) mass is 422 g/mol. The smallest absolute Gasteiger partial charge is 0.259 e. The fourth-order valence-electron chi connectivity index (χ4n) is 3.88. The van der Waals surface area contributed by atoms with Gasteiger partial charge >= 0.3 is 0 Å². The first-order valence-corrected chi connectivity index (χ1v) is 10.3. The van der Waals surface area contributed by atoms with Crippen LogP contribution in [0.2, 0.25) is 0 Å². The van der Waals surface area contributed by atoms with Crippen molar-refractivity contribution >= 4 is 11.6 Å². The van der Waals surface area contributed by atoms with E-state index < -0.39 is 0 Å². The largest absolute Gasteiger partial charge is 0.322 e. The Morgan fingerprint density at radius 1 is 1.10 bits per heavy atom. The highest BCUT2D eigenvalue weighted by atomic mass is 19.1. The molecule has 1 aromatic heterocycles. The van der Waals surface area contributed by atoms with Crippen LogP contribution in [0.4, 0.5) is 14.5 Å². The van der Waals surface area contributed by atoms with Gasteiger partial charge in [-0.05, 0) is 74.8 Å². The summed E-state index contributed by atoms with van der Waals surface area (Å²) in [5.41, 5.74) is 2.51. The van der Waals surface area contributed by atoms with Crippen molar-refractivity contribution in [2.24, 2.45) is 0 Å². The number of likely N-dealkylation sites (tertiary alicyclic amines) is 1. The molecule has 1 N–H and O–H groups in total. The minimum atomic E-state index is -0.358. The van der Waals surface area contributed by atoms with Gasteiger partial charge in [-0.1, -0.05) is 12.1 Å². The predicted octanol–water partition coefficient (Wildman–Crippen LogP) is 4.70. The number of carbonyl (C=O) groups is 1. The van der Waals surface area contributed by atoms with Crippen molar-refractivity contribution in [1.29, 1.82) is 0 Å². The second kappa shape index (κ2) is 9.31. The second-order valence-corrected chi connectivity index (χ2v) is 7.87. The van der Waals surface area contributed by atoms with Crippen LogP contribution >= 0.6 is 0 Å². The van der Waals surface area contributed by atoms with Gasteiger partial charge in [0.25, 0.3) is 5.91 Å². The van der Waals surface area contributed by atoms with Gasteiger partial charge in [0, 0.05) is 24.3 Å². The standard InChI is InChI=1S/C24H24F2N4O/c1-16-22(24(31)29-21-7-5-19(25)6-8-21)14-27-23(28-16)18-9-11-30(12-10-18)15-17-3-2-4-20(26)13-17/h2-8,13-14,18H,9-12,15H2,1H3,(H,29,31). The first kappa shape index (κ1) is 21.1. The molecule has 1 fully saturated rings. The van der Waals surface area contributed by atoms with E-state index in [0.29, 0.717) is 16.9 Å². The number of carbonyl (C=O) groups excluding carboxylic acids is 1. The van der Waals surface area contributed by atoms with Gasteiger partial charge in [-0.25, -0.2) is 18.7 Å². The average molecular weight is 422 g/mol. The fraction of sp³-hybridized carbons (Fsp3) is 0.292. The zero-order valence-corrected chi connectivity index (χ0v) is 17.3. The van der Waals surface area contributed by atoms with Gasteiger partial charge < -0.3 is 5.32 Å². The van der Waals surface area contributed by atoms with Crippen molar-refractivity contribution in [1.82, 2.24) is 14.9 Å². The van der Waals surface area contributed by atoms with Crippen LogP contribution in [-0.4, -0.2) is 33.9 Å². The van der Waals surface area contributed by atoms with Gasteiger partial charge in [-0.3, -0.25) is 9.69 Å². The Balaban J connectivity index is 1.36. The van der Waals surface area contributed by atoms with Gasteiger partial charge in [0.1, 0.15) is 17.5 Å². The van der Waals surface area contributed by atoms with E-state index in [1.807, 2.05) is 6.07 Å². The van der Waals surface area contributed by atoms with Crippen LogP contribution in [-0.2, 0) is 6.54 Å². The Kier molecular flexibility index (Phi) is 6.32. The van der Waals surface area contributed by atoms with Crippen LogP contribution < -0.4 is 5.32 Å². The van der Waals surface area contributed by atoms with Crippen LogP contribution in [0.1, 0.15) is 46.2 Å². The molecule has 2 aromatic carbocycles. The summed E-state index contributed by atoms with van der Waals surface area (Å²) in [6, 6.07) is 12.3. The molecule has 2 heterocycles. The first-order chi connectivity index (χ1) is 15.0. The van der Waals surface area contributed by atoms with E-state index in [0.717, 1.165) is 43.9 Å². The minimum Gasteiger partial charge on any atom is -0.322 e. The number of hydrogen-bond acceptors (Lipinski definition) is 4. The summed E-state index contributed by atoms with van der Waals surface area (Å²) in [6.07, 6.45) is 3.39. The number of anilines is 1. The van der Waals surface area contributed by atoms with Crippen LogP contribution in [0.15, 0.2) is 54.7 Å². The maximum absolute atomic E-state index is 13.4. The van der Waals surface area contributed by atoms with Crippen LogP contribution in [0.3, 0.4) is 0 Å². The number of amides is 1. The Morgan fingerprint density at radius 2 is 1.84 bits per heavy atom. The number of piperidine rings is 1.